The van der Waals surface area contributed by atoms with Crippen molar-refractivity contribution >= 4 is 5.95 Å². The van der Waals surface area contributed by atoms with Crippen LogP contribution in [0.25, 0.3) is 0 Å². The van der Waals surface area contributed by atoms with Crippen molar-refractivity contribution in [3.05, 3.63) is 5.82 Å². The summed E-state index contributed by atoms with van der Waals surface area (Å²) >= 11 is 0. The van der Waals surface area contributed by atoms with Crippen molar-refractivity contribution in [3.63, 3.8) is 0 Å². The number of fused-ring (bicyclic) bond motifs is 1. The van der Waals surface area contributed by atoms with Crippen LogP contribution in [0.4, 0.5) is 5.95 Å². The lowest BCUT2D eigenvalue weighted by Gasteiger charge is -2.17. The minimum absolute atomic E-state index is 0.0218. The maximum atomic E-state index is 5.78. The molecule has 2 rings (SSSR count). The molecule has 1 atom stereocenters. The van der Waals surface area contributed by atoms with Gasteiger partial charge in [-0.05, 0) is 12.8 Å². The number of anilines is 1. The summed E-state index contributed by atoms with van der Waals surface area (Å²) in [6, 6.07) is 0.0218. The summed E-state index contributed by atoms with van der Waals surface area (Å²) in [5.74, 6) is 1.16. The van der Waals surface area contributed by atoms with E-state index in [0.717, 1.165) is 25.2 Å². The second-order valence-electron chi connectivity index (χ2n) is 2.80. The molecule has 60 valence electrons. The van der Waals surface area contributed by atoms with Crippen molar-refractivity contribution in [2.45, 2.75) is 25.4 Å². The van der Waals surface area contributed by atoms with Gasteiger partial charge in [-0.2, -0.15) is 4.98 Å². The fraction of sp³-hybridized carbons (Fsp3) is 0.667. The topological polar surface area (TPSA) is 82.8 Å². The molecule has 11 heavy (non-hydrogen) atoms. The van der Waals surface area contributed by atoms with Gasteiger partial charge in [-0.1, -0.05) is 0 Å². The molecule has 0 aromatic carbocycles. The molecule has 0 saturated carbocycles. The first-order valence-electron chi connectivity index (χ1n) is 3.73. The van der Waals surface area contributed by atoms with Gasteiger partial charge in [0, 0.05) is 6.54 Å². The summed E-state index contributed by atoms with van der Waals surface area (Å²) in [5, 5.41) is 4.00. The summed E-state index contributed by atoms with van der Waals surface area (Å²) in [7, 11) is 0. The zero-order chi connectivity index (χ0) is 7.84. The number of rotatable bonds is 0. The third-order valence-electron chi connectivity index (χ3n) is 1.93. The third kappa shape index (κ3) is 0.970. The predicted octanol–water partition coefficient (Wildman–Crippen LogP) is -0.346. The van der Waals surface area contributed by atoms with Crippen LogP contribution in [0, 0.1) is 0 Å². The van der Waals surface area contributed by atoms with Crippen LogP contribution in [0.3, 0.4) is 0 Å². The van der Waals surface area contributed by atoms with E-state index in [9.17, 15) is 0 Å². The van der Waals surface area contributed by atoms with E-state index in [2.05, 4.69) is 10.1 Å². The molecule has 1 aromatic heterocycles. The minimum atomic E-state index is 0.0218. The highest BCUT2D eigenvalue weighted by Crippen LogP contribution is 2.20. The molecule has 2 heterocycles. The molecule has 4 N–H and O–H groups in total. The molecule has 1 aromatic rings. The van der Waals surface area contributed by atoms with Crippen LogP contribution < -0.4 is 11.5 Å². The maximum absolute atomic E-state index is 5.78. The smallest absolute Gasteiger partial charge is 0.239 e. The van der Waals surface area contributed by atoms with E-state index >= 15 is 0 Å². The fourth-order valence-corrected chi connectivity index (χ4v) is 1.40. The van der Waals surface area contributed by atoms with Crippen molar-refractivity contribution in [1.29, 1.82) is 0 Å². The molecule has 0 bridgehead atoms. The van der Waals surface area contributed by atoms with Crippen LogP contribution in [0.2, 0.25) is 0 Å². The van der Waals surface area contributed by atoms with E-state index in [1.807, 2.05) is 0 Å². The molecule has 5 nitrogen and oxygen atoms in total. The number of hydrogen-bond donors (Lipinski definition) is 2. The Hall–Kier alpha value is -1.10. The van der Waals surface area contributed by atoms with E-state index in [1.165, 1.54) is 0 Å². The first-order valence-corrected chi connectivity index (χ1v) is 3.73. The van der Waals surface area contributed by atoms with Crippen molar-refractivity contribution in [1.82, 2.24) is 14.8 Å². The Labute approximate surface area is 64.4 Å². The van der Waals surface area contributed by atoms with Crippen LogP contribution in [-0.2, 0) is 6.54 Å². The van der Waals surface area contributed by atoms with Gasteiger partial charge in [0.25, 0.3) is 0 Å². The van der Waals surface area contributed by atoms with Crippen molar-refractivity contribution in [2.75, 3.05) is 5.73 Å². The van der Waals surface area contributed by atoms with Gasteiger partial charge in [-0.3, -0.25) is 0 Å². The molecule has 0 radical (unpaired) electrons. The van der Waals surface area contributed by atoms with Crippen LogP contribution in [0.1, 0.15) is 24.7 Å². The normalized spacial score (nSPS) is 23.2. The molecular weight excluding hydrogens is 142 g/mol. The second kappa shape index (κ2) is 2.20. The van der Waals surface area contributed by atoms with Gasteiger partial charge in [0.15, 0.2) is 0 Å². The largest absolute Gasteiger partial charge is 0.366 e. The zero-order valence-corrected chi connectivity index (χ0v) is 6.20. The summed E-state index contributed by atoms with van der Waals surface area (Å²) in [6.45, 7) is 0.896. The van der Waals surface area contributed by atoms with E-state index < -0.39 is 0 Å². The van der Waals surface area contributed by atoms with Crippen molar-refractivity contribution < 1.29 is 0 Å². The van der Waals surface area contributed by atoms with Gasteiger partial charge in [-0.25, -0.2) is 4.68 Å². The first-order chi connectivity index (χ1) is 5.27. The first kappa shape index (κ1) is 6.60. The van der Waals surface area contributed by atoms with E-state index in [0.29, 0.717) is 5.95 Å². The summed E-state index contributed by atoms with van der Waals surface area (Å²) in [6.07, 6.45) is 2.05. The Balaban J connectivity index is 2.43. The van der Waals surface area contributed by atoms with E-state index in [-0.39, 0.29) is 6.04 Å². The molecular formula is C6H11N5. The summed E-state index contributed by atoms with van der Waals surface area (Å²) in [5.41, 5.74) is 11.2. The lowest BCUT2D eigenvalue weighted by atomic mass is 10.1. The van der Waals surface area contributed by atoms with Crippen LogP contribution in [0.5, 0.6) is 0 Å². The Kier molecular flexibility index (Phi) is 1.32. The second-order valence-corrected chi connectivity index (χ2v) is 2.80. The fourth-order valence-electron chi connectivity index (χ4n) is 1.40. The van der Waals surface area contributed by atoms with Gasteiger partial charge in [0.05, 0.1) is 6.04 Å². The maximum Gasteiger partial charge on any atom is 0.239 e. The standard InChI is InChI=1S/C6H11N5/c7-4-2-1-3-11-5(4)9-6(8)10-11/h4H,1-3,7H2,(H2,8,10). The number of nitrogens with zero attached hydrogens (tertiary/aromatic N) is 3. The Bertz CT molecular complexity index is 266. The highest BCUT2D eigenvalue weighted by atomic mass is 15.4. The van der Waals surface area contributed by atoms with Gasteiger partial charge in [0.1, 0.15) is 5.82 Å². The lowest BCUT2D eigenvalue weighted by Crippen LogP contribution is -2.22. The molecule has 0 spiro atoms. The number of aryl methyl sites for hydroxylation is 1. The lowest BCUT2D eigenvalue weighted by molar-refractivity contribution is 0.422. The third-order valence-corrected chi connectivity index (χ3v) is 1.93. The van der Waals surface area contributed by atoms with Crippen LogP contribution in [-0.4, -0.2) is 14.8 Å². The number of aromatic nitrogens is 3. The quantitative estimate of drug-likeness (QED) is 0.534. The van der Waals surface area contributed by atoms with Crippen molar-refractivity contribution in [3.8, 4) is 0 Å². The summed E-state index contributed by atoms with van der Waals surface area (Å²) in [4.78, 5) is 4.04. The molecule has 0 amide bonds. The Morgan fingerprint density at radius 3 is 3.09 bits per heavy atom. The number of nitrogens with two attached hydrogens (primary N) is 2. The molecule has 1 aliphatic rings. The highest BCUT2D eigenvalue weighted by Gasteiger charge is 2.19. The van der Waals surface area contributed by atoms with E-state index in [4.69, 9.17) is 11.5 Å². The Morgan fingerprint density at radius 1 is 1.55 bits per heavy atom. The van der Waals surface area contributed by atoms with Crippen molar-refractivity contribution in [2.24, 2.45) is 5.73 Å². The Morgan fingerprint density at radius 2 is 2.36 bits per heavy atom. The average Bonchev–Trinajstić information content (AvgIpc) is 2.31. The van der Waals surface area contributed by atoms with Crippen LogP contribution in [0.15, 0.2) is 0 Å². The molecule has 0 fully saturated rings. The highest BCUT2D eigenvalue weighted by molar-refractivity contribution is 5.16. The molecule has 0 aliphatic carbocycles. The zero-order valence-electron chi connectivity index (χ0n) is 6.20. The number of nitrogen functional groups attached to an aromatic ring is 1. The SMILES string of the molecule is Nc1nc2n(n1)CCCC2N. The van der Waals surface area contributed by atoms with Crippen LogP contribution >= 0.6 is 0 Å². The van der Waals surface area contributed by atoms with Gasteiger partial charge < -0.3 is 11.5 Å². The molecule has 5 heteroatoms. The number of hydrogen-bond acceptors (Lipinski definition) is 4. The van der Waals surface area contributed by atoms with Gasteiger partial charge in [-0.15, -0.1) is 5.10 Å². The summed E-state index contributed by atoms with van der Waals surface area (Å²) < 4.78 is 1.80. The molecule has 0 saturated heterocycles. The minimum Gasteiger partial charge on any atom is -0.366 e. The molecule has 1 aliphatic heterocycles. The van der Waals surface area contributed by atoms with E-state index in [1.54, 1.807) is 4.68 Å². The predicted molar refractivity (Wildman–Crippen MR) is 40.6 cm³/mol. The molecule has 1 unspecified atom stereocenters. The monoisotopic (exact) mass is 153 g/mol. The van der Waals surface area contributed by atoms with Gasteiger partial charge >= 0.3 is 0 Å². The van der Waals surface area contributed by atoms with Gasteiger partial charge in [0.2, 0.25) is 5.95 Å². The average molecular weight is 153 g/mol.